The zero-order valence-electron chi connectivity index (χ0n) is 13.3. The van der Waals surface area contributed by atoms with Gasteiger partial charge in [0.1, 0.15) is 6.54 Å². The van der Waals surface area contributed by atoms with Gasteiger partial charge in [0.05, 0.1) is 5.54 Å². The predicted octanol–water partition coefficient (Wildman–Crippen LogP) is 1.63. The highest BCUT2D eigenvalue weighted by Crippen LogP contribution is 2.17. The number of carbonyl (C=O) groups is 1. The van der Waals surface area contributed by atoms with Crippen LogP contribution in [0.5, 0.6) is 0 Å². The maximum absolute atomic E-state index is 12.2. The number of rotatable bonds is 7. The average Bonchev–Trinajstić information content (AvgIpc) is 3.02. The third-order valence-corrected chi connectivity index (χ3v) is 4.24. The summed E-state index contributed by atoms with van der Waals surface area (Å²) in [6.07, 6.45) is 1.54. The topological polar surface area (TPSA) is 98.7 Å². The van der Waals surface area contributed by atoms with Crippen LogP contribution in [0.2, 0.25) is 5.02 Å². The maximum Gasteiger partial charge on any atom is 0.244 e. The van der Waals surface area contributed by atoms with E-state index < -0.39 is 0 Å². The molecule has 0 spiro atoms. The normalized spacial score (nSPS) is 11.5. The molecule has 0 atom stereocenters. The molecule has 1 amide bonds. The number of amides is 1. The van der Waals surface area contributed by atoms with Gasteiger partial charge in [0.15, 0.2) is 0 Å². The molecule has 124 valence electrons. The first kappa shape index (κ1) is 17.4. The Morgan fingerprint density at radius 2 is 1.96 bits per heavy atom. The van der Waals surface area contributed by atoms with Gasteiger partial charge >= 0.3 is 0 Å². The number of carbonyl (C=O) groups excluding carboxylic acids is 1. The summed E-state index contributed by atoms with van der Waals surface area (Å²) >= 11 is 5.85. The first-order valence-corrected chi connectivity index (χ1v) is 7.94. The zero-order valence-corrected chi connectivity index (χ0v) is 14.0. The summed E-state index contributed by atoms with van der Waals surface area (Å²) in [5.74, 6) is 0.268. The molecule has 0 unspecified atom stereocenters. The van der Waals surface area contributed by atoms with E-state index in [9.17, 15) is 4.79 Å². The van der Waals surface area contributed by atoms with Gasteiger partial charge in [0.2, 0.25) is 11.7 Å². The molecule has 1 heterocycles. The predicted molar refractivity (Wildman–Crippen MR) is 88.8 cm³/mol. The Bertz CT molecular complexity index is 642. The van der Waals surface area contributed by atoms with Crippen LogP contribution in [-0.2, 0) is 11.3 Å². The van der Waals surface area contributed by atoms with Crippen LogP contribution in [0.4, 0.5) is 0 Å². The smallest absolute Gasteiger partial charge is 0.244 e. The Morgan fingerprint density at radius 1 is 1.30 bits per heavy atom. The number of nitrogens with zero attached hydrogens (tertiary/aromatic N) is 4. The van der Waals surface area contributed by atoms with E-state index in [1.54, 1.807) is 24.3 Å². The fourth-order valence-corrected chi connectivity index (χ4v) is 2.38. The molecule has 0 radical (unpaired) electrons. The van der Waals surface area contributed by atoms with Crippen LogP contribution in [0.3, 0.4) is 0 Å². The number of aromatic nitrogens is 4. The SMILES string of the molecule is CCC(CC)(CN)NC(=O)Cn1nnc(-c2ccc(Cl)cc2)n1. The highest BCUT2D eigenvalue weighted by Gasteiger charge is 2.26. The van der Waals surface area contributed by atoms with E-state index in [1.165, 1.54) is 4.80 Å². The third kappa shape index (κ3) is 4.27. The Morgan fingerprint density at radius 3 is 2.52 bits per heavy atom. The van der Waals surface area contributed by atoms with Crippen molar-refractivity contribution in [3.63, 3.8) is 0 Å². The van der Waals surface area contributed by atoms with Gasteiger partial charge in [-0.1, -0.05) is 25.4 Å². The van der Waals surface area contributed by atoms with Crippen LogP contribution in [0.25, 0.3) is 11.4 Å². The van der Waals surface area contributed by atoms with Crippen molar-refractivity contribution in [2.75, 3.05) is 6.54 Å². The van der Waals surface area contributed by atoms with Crippen molar-refractivity contribution >= 4 is 17.5 Å². The van der Waals surface area contributed by atoms with Crippen molar-refractivity contribution in [3.8, 4) is 11.4 Å². The minimum absolute atomic E-state index is 0.00232. The molecule has 23 heavy (non-hydrogen) atoms. The number of hydrogen-bond donors (Lipinski definition) is 2. The average molecular weight is 337 g/mol. The van der Waals surface area contributed by atoms with E-state index >= 15 is 0 Å². The number of nitrogens with two attached hydrogens (primary N) is 1. The van der Waals surface area contributed by atoms with Crippen LogP contribution < -0.4 is 11.1 Å². The summed E-state index contributed by atoms with van der Waals surface area (Å²) in [6.45, 7) is 4.40. The second kappa shape index (κ2) is 7.52. The van der Waals surface area contributed by atoms with Crippen LogP contribution >= 0.6 is 11.6 Å². The lowest BCUT2D eigenvalue weighted by Crippen LogP contribution is -2.53. The molecule has 0 aliphatic heterocycles. The van der Waals surface area contributed by atoms with E-state index in [0.717, 1.165) is 18.4 Å². The minimum Gasteiger partial charge on any atom is -0.348 e. The highest BCUT2D eigenvalue weighted by molar-refractivity contribution is 6.30. The molecule has 3 N–H and O–H groups in total. The van der Waals surface area contributed by atoms with Gasteiger partial charge in [-0.05, 0) is 42.3 Å². The van der Waals surface area contributed by atoms with E-state index in [2.05, 4.69) is 20.7 Å². The van der Waals surface area contributed by atoms with Crippen molar-refractivity contribution in [1.82, 2.24) is 25.5 Å². The van der Waals surface area contributed by atoms with E-state index in [4.69, 9.17) is 17.3 Å². The van der Waals surface area contributed by atoms with Gasteiger partial charge in [-0.3, -0.25) is 4.79 Å². The van der Waals surface area contributed by atoms with Crippen molar-refractivity contribution < 1.29 is 4.79 Å². The van der Waals surface area contributed by atoms with Crippen LogP contribution in [0.1, 0.15) is 26.7 Å². The Hall–Kier alpha value is -1.99. The largest absolute Gasteiger partial charge is 0.348 e. The molecular weight excluding hydrogens is 316 g/mol. The summed E-state index contributed by atoms with van der Waals surface area (Å²) in [6, 6.07) is 7.11. The van der Waals surface area contributed by atoms with E-state index in [-0.39, 0.29) is 18.0 Å². The summed E-state index contributed by atoms with van der Waals surface area (Å²) in [4.78, 5) is 13.5. The molecular formula is C15H21ClN6O. The molecule has 0 fully saturated rings. The first-order chi connectivity index (χ1) is 11.0. The van der Waals surface area contributed by atoms with Crippen molar-refractivity contribution in [1.29, 1.82) is 0 Å². The standard InChI is InChI=1S/C15H21ClN6O/c1-3-15(4-2,10-17)18-13(23)9-22-20-14(19-21-22)11-5-7-12(16)8-6-11/h5-8H,3-4,9-10,17H2,1-2H3,(H,18,23). The second-order valence-electron chi connectivity index (χ2n) is 5.39. The van der Waals surface area contributed by atoms with Crippen molar-refractivity contribution in [3.05, 3.63) is 29.3 Å². The number of benzene rings is 1. The molecule has 0 bridgehead atoms. The van der Waals surface area contributed by atoms with Crippen molar-refractivity contribution in [2.24, 2.45) is 5.73 Å². The third-order valence-electron chi connectivity index (χ3n) is 3.99. The van der Waals surface area contributed by atoms with Gasteiger partial charge in [-0.2, -0.15) is 4.80 Å². The van der Waals surface area contributed by atoms with Gasteiger partial charge in [0.25, 0.3) is 0 Å². The second-order valence-corrected chi connectivity index (χ2v) is 5.83. The fraction of sp³-hybridized carbons (Fsp3) is 0.467. The molecule has 0 aliphatic carbocycles. The summed E-state index contributed by atoms with van der Waals surface area (Å²) in [7, 11) is 0. The molecule has 2 rings (SSSR count). The van der Waals surface area contributed by atoms with Gasteiger partial charge in [-0.25, -0.2) is 0 Å². The Balaban J connectivity index is 2.04. The lowest BCUT2D eigenvalue weighted by Gasteiger charge is -2.31. The van der Waals surface area contributed by atoms with E-state index in [1.807, 2.05) is 13.8 Å². The quantitative estimate of drug-likeness (QED) is 0.800. The number of tetrazole rings is 1. The molecule has 8 heteroatoms. The lowest BCUT2D eigenvalue weighted by atomic mass is 9.93. The summed E-state index contributed by atoms with van der Waals surface area (Å²) in [5, 5.41) is 15.7. The molecule has 2 aromatic rings. The summed E-state index contributed by atoms with van der Waals surface area (Å²) < 4.78 is 0. The fourth-order valence-electron chi connectivity index (χ4n) is 2.25. The van der Waals surface area contributed by atoms with Crippen molar-refractivity contribution in [2.45, 2.75) is 38.8 Å². The number of hydrogen-bond acceptors (Lipinski definition) is 5. The monoisotopic (exact) mass is 336 g/mol. The van der Waals surface area contributed by atoms with Gasteiger partial charge in [0, 0.05) is 17.1 Å². The van der Waals surface area contributed by atoms with Gasteiger partial charge in [-0.15, -0.1) is 10.2 Å². The molecule has 1 aromatic carbocycles. The van der Waals surface area contributed by atoms with Gasteiger partial charge < -0.3 is 11.1 Å². The first-order valence-electron chi connectivity index (χ1n) is 7.56. The zero-order chi connectivity index (χ0) is 16.9. The molecule has 0 saturated heterocycles. The van der Waals surface area contributed by atoms with Crippen LogP contribution in [0.15, 0.2) is 24.3 Å². The van der Waals surface area contributed by atoms with Crippen LogP contribution in [0, 0.1) is 0 Å². The lowest BCUT2D eigenvalue weighted by molar-refractivity contribution is -0.124. The molecule has 1 aromatic heterocycles. The number of nitrogens with one attached hydrogen (secondary N) is 1. The highest BCUT2D eigenvalue weighted by atomic mass is 35.5. The summed E-state index contributed by atoms with van der Waals surface area (Å²) in [5.41, 5.74) is 6.20. The Kier molecular flexibility index (Phi) is 5.68. The Labute approximate surface area is 140 Å². The van der Waals surface area contributed by atoms with Crippen LogP contribution in [-0.4, -0.2) is 38.2 Å². The number of halogens is 1. The minimum atomic E-state index is -0.378. The maximum atomic E-state index is 12.2. The van der Waals surface area contributed by atoms with E-state index in [0.29, 0.717) is 17.4 Å². The molecule has 7 nitrogen and oxygen atoms in total. The molecule has 0 saturated carbocycles. The molecule has 0 aliphatic rings.